The van der Waals surface area contributed by atoms with Gasteiger partial charge in [0, 0.05) is 29.6 Å². The first kappa shape index (κ1) is 19.6. The SMILES string of the molecule is CC[C@H](Sc1ccc(S(=O)(=O)N2CCOCC2)cn1)c1ccc(Cl)cc1. The summed E-state index contributed by atoms with van der Waals surface area (Å²) in [7, 11) is -3.50. The number of pyridine rings is 1. The fourth-order valence-electron chi connectivity index (χ4n) is 2.74. The first-order valence-corrected chi connectivity index (χ1v) is 11.2. The molecule has 1 fully saturated rings. The van der Waals surface area contributed by atoms with Crippen LogP contribution in [0.1, 0.15) is 24.2 Å². The quantitative estimate of drug-likeness (QED) is 0.671. The number of rotatable bonds is 6. The zero-order valence-corrected chi connectivity index (χ0v) is 16.9. The van der Waals surface area contributed by atoms with Crippen LogP contribution >= 0.6 is 23.4 Å². The molecule has 1 atom stereocenters. The zero-order chi connectivity index (χ0) is 18.6. The minimum atomic E-state index is -3.50. The maximum Gasteiger partial charge on any atom is 0.244 e. The molecule has 1 saturated heterocycles. The van der Waals surface area contributed by atoms with E-state index in [2.05, 4.69) is 11.9 Å². The first-order valence-electron chi connectivity index (χ1n) is 8.47. The van der Waals surface area contributed by atoms with Crippen LogP contribution in [0.25, 0.3) is 0 Å². The van der Waals surface area contributed by atoms with Crippen molar-refractivity contribution >= 4 is 33.4 Å². The van der Waals surface area contributed by atoms with Crippen LogP contribution in [0.2, 0.25) is 5.02 Å². The summed E-state index contributed by atoms with van der Waals surface area (Å²) in [6.45, 7) is 3.74. The number of morpholine rings is 1. The Labute approximate surface area is 163 Å². The highest BCUT2D eigenvalue weighted by molar-refractivity contribution is 7.99. The van der Waals surface area contributed by atoms with E-state index >= 15 is 0 Å². The van der Waals surface area contributed by atoms with Crippen molar-refractivity contribution in [3.05, 3.63) is 53.2 Å². The van der Waals surface area contributed by atoms with Crippen molar-refractivity contribution in [2.24, 2.45) is 0 Å². The number of nitrogens with zero attached hydrogens (tertiary/aromatic N) is 2. The van der Waals surface area contributed by atoms with Crippen LogP contribution in [0.15, 0.2) is 52.5 Å². The van der Waals surface area contributed by atoms with Crippen LogP contribution in [0.5, 0.6) is 0 Å². The summed E-state index contributed by atoms with van der Waals surface area (Å²) in [5, 5.41) is 1.75. The van der Waals surface area contributed by atoms with E-state index in [1.54, 1.807) is 23.9 Å². The molecule has 1 aromatic carbocycles. The van der Waals surface area contributed by atoms with Crippen molar-refractivity contribution in [3.63, 3.8) is 0 Å². The molecular formula is C18H21ClN2O3S2. The second kappa shape index (κ2) is 8.71. The van der Waals surface area contributed by atoms with E-state index in [9.17, 15) is 8.42 Å². The van der Waals surface area contributed by atoms with Gasteiger partial charge >= 0.3 is 0 Å². The van der Waals surface area contributed by atoms with Gasteiger partial charge in [-0.3, -0.25) is 0 Å². The Morgan fingerprint density at radius 3 is 2.46 bits per heavy atom. The molecule has 0 radical (unpaired) electrons. The lowest BCUT2D eigenvalue weighted by Crippen LogP contribution is -2.40. The van der Waals surface area contributed by atoms with E-state index in [1.165, 1.54) is 16.1 Å². The molecule has 5 nitrogen and oxygen atoms in total. The Kier molecular flexibility index (Phi) is 6.58. The molecule has 0 N–H and O–H groups in total. The number of thioether (sulfide) groups is 1. The van der Waals surface area contributed by atoms with Gasteiger partial charge in [0.15, 0.2) is 0 Å². The van der Waals surface area contributed by atoms with E-state index in [1.807, 2.05) is 24.3 Å². The van der Waals surface area contributed by atoms with Gasteiger partial charge in [-0.2, -0.15) is 4.31 Å². The standard InChI is InChI=1S/C18H21ClN2O3S2/c1-2-17(14-3-5-15(19)6-4-14)25-18-8-7-16(13-20-18)26(22,23)21-9-11-24-12-10-21/h3-8,13,17H,2,9-12H2,1H3/t17-/m0/s1. The molecule has 1 aliphatic rings. The van der Waals surface area contributed by atoms with Gasteiger partial charge < -0.3 is 4.74 Å². The lowest BCUT2D eigenvalue weighted by Gasteiger charge is -2.25. The van der Waals surface area contributed by atoms with Crippen LogP contribution in [0.4, 0.5) is 0 Å². The van der Waals surface area contributed by atoms with E-state index in [-0.39, 0.29) is 10.1 Å². The van der Waals surface area contributed by atoms with E-state index in [0.29, 0.717) is 31.3 Å². The summed E-state index contributed by atoms with van der Waals surface area (Å²) < 4.78 is 32.0. The van der Waals surface area contributed by atoms with Crippen molar-refractivity contribution in [3.8, 4) is 0 Å². The molecule has 0 spiro atoms. The van der Waals surface area contributed by atoms with Gasteiger partial charge in [-0.25, -0.2) is 13.4 Å². The second-order valence-electron chi connectivity index (χ2n) is 5.91. The second-order valence-corrected chi connectivity index (χ2v) is 9.51. The normalized spacial score (nSPS) is 17.2. The molecule has 0 amide bonds. The number of ether oxygens (including phenoxy) is 1. The Hall–Kier alpha value is -1.12. The highest BCUT2D eigenvalue weighted by Gasteiger charge is 2.26. The maximum atomic E-state index is 12.6. The largest absolute Gasteiger partial charge is 0.379 e. The number of benzene rings is 1. The molecule has 140 valence electrons. The zero-order valence-electron chi connectivity index (χ0n) is 14.5. The maximum absolute atomic E-state index is 12.6. The minimum absolute atomic E-state index is 0.225. The summed E-state index contributed by atoms with van der Waals surface area (Å²) in [6, 6.07) is 11.2. The first-order chi connectivity index (χ1) is 12.5. The lowest BCUT2D eigenvalue weighted by atomic mass is 10.1. The monoisotopic (exact) mass is 412 g/mol. The minimum Gasteiger partial charge on any atom is -0.379 e. The summed E-state index contributed by atoms with van der Waals surface area (Å²) >= 11 is 7.58. The van der Waals surface area contributed by atoms with Gasteiger partial charge in [0.25, 0.3) is 0 Å². The molecule has 26 heavy (non-hydrogen) atoms. The number of aromatic nitrogens is 1. The number of hydrogen-bond donors (Lipinski definition) is 0. The average Bonchev–Trinajstić information content (AvgIpc) is 2.68. The van der Waals surface area contributed by atoms with E-state index < -0.39 is 10.0 Å². The van der Waals surface area contributed by atoms with Gasteiger partial charge in [-0.15, -0.1) is 0 Å². The Morgan fingerprint density at radius 1 is 1.19 bits per heavy atom. The topological polar surface area (TPSA) is 59.5 Å². The molecule has 1 aromatic heterocycles. The highest BCUT2D eigenvalue weighted by Crippen LogP contribution is 2.37. The third-order valence-electron chi connectivity index (χ3n) is 4.19. The van der Waals surface area contributed by atoms with Crippen molar-refractivity contribution in [1.29, 1.82) is 0 Å². The number of sulfonamides is 1. The smallest absolute Gasteiger partial charge is 0.244 e. The van der Waals surface area contributed by atoms with Gasteiger partial charge in [-0.05, 0) is 36.2 Å². The van der Waals surface area contributed by atoms with Gasteiger partial charge in [-0.1, -0.05) is 42.4 Å². The fraction of sp³-hybridized carbons (Fsp3) is 0.389. The van der Waals surface area contributed by atoms with Gasteiger partial charge in [0.2, 0.25) is 10.0 Å². The molecular weight excluding hydrogens is 392 g/mol. The van der Waals surface area contributed by atoms with E-state index in [4.69, 9.17) is 16.3 Å². The predicted molar refractivity (Wildman–Crippen MR) is 104 cm³/mol. The molecule has 0 saturated carbocycles. The summed E-state index contributed by atoms with van der Waals surface area (Å²) in [5.41, 5.74) is 1.17. The molecule has 2 aromatic rings. The molecule has 0 bridgehead atoms. The number of halogens is 1. The van der Waals surface area contributed by atoms with Crippen LogP contribution in [0.3, 0.4) is 0 Å². The molecule has 0 unspecified atom stereocenters. The fourth-order valence-corrected chi connectivity index (χ4v) is 5.23. The Morgan fingerprint density at radius 2 is 1.88 bits per heavy atom. The molecule has 1 aliphatic heterocycles. The summed E-state index contributed by atoms with van der Waals surface area (Å²) in [6.07, 6.45) is 2.38. The summed E-state index contributed by atoms with van der Waals surface area (Å²) in [5.74, 6) is 0. The van der Waals surface area contributed by atoms with Crippen molar-refractivity contribution in [2.75, 3.05) is 26.3 Å². The number of hydrogen-bond acceptors (Lipinski definition) is 5. The third-order valence-corrected chi connectivity index (χ3v) is 7.70. The van der Waals surface area contributed by atoms with Gasteiger partial charge in [0.05, 0.1) is 18.2 Å². The van der Waals surface area contributed by atoms with Crippen LogP contribution in [0, 0.1) is 0 Å². The highest BCUT2D eigenvalue weighted by atomic mass is 35.5. The Bertz CT molecular complexity index is 821. The lowest BCUT2D eigenvalue weighted by molar-refractivity contribution is 0.0730. The molecule has 2 heterocycles. The van der Waals surface area contributed by atoms with Crippen molar-refractivity contribution in [1.82, 2.24) is 9.29 Å². The molecule has 8 heteroatoms. The predicted octanol–water partition coefficient (Wildman–Crippen LogP) is 4.00. The van der Waals surface area contributed by atoms with Gasteiger partial charge in [0.1, 0.15) is 4.90 Å². The third kappa shape index (κ3) is 4.58. The van der Waals surface area contributed by atoms with Crippen molar-refractivity contribution in [2.45, 2.75) is 28.5 Å². The van der Waals surface area contributed by atoms with Crippen LogP contribution < -0.4 is 0 Å². The van der Waals surface area contributed by atoms with Crippen LogP contribution in [-0.2, 0) is 14.8 Å². The summed E-state index contributed by atoms with van der Waals surface area (Å²) in [4.78, 5) is 4.60. The molecule has 0 aliphatic carbocycles. The van der Waals surface area contributed by atoms with Crippen LogP contribution in [-0.4, -0.2) is 44.0 Å². The molecule has 3 rings (SSSR count). The Balaban J connectivity index is 1.73. The average molecular weight is 413 g/mol. The van der Waals surface area contributed by atoms with E-state index in [0.717, 1.165) is 11.4 Å². The van der Waals surface area contributed by atoms with Crippen molar-refractivity contribution < 1.29 is 13.2 Å².